The minimum absolute atomic E-state index is 0.0279. The summed E-state index contributed by atoms with van der Waals surface area (Å²) in [5.41, 5.74) is -1.39. The Labute approximate surface area is 222 Å². The first-order valence-electron chi connectivity index (χ1n) is 14.2. The van der Waals surface area contributed by atoms with Gasteiger partial charge in [0, 0.05) is 17.9 Å². The molecule has 4 aliphatic carbocycles. The van der Waals surface area contributed by atoms with Crippen molar-refractivity contribution in [3.8, 4) is 0 Å². The number of hydrogen-bond donors (Lipinski definition) is 1. The van der Waals surface area contributed by atoms with Gasteiger partial charge in [0.25, 0.3) is 0 Å². The molecule has 6 nitrogen and oxygen atoms in total. The average molecular weight is 509 g/mol. The number of allylic oxidation sites excluding steroid dienone is 2. The van der Waals surface area contributed by atoms with Crippen LogP contribution >= 0.6 is 0 Å². The fourth-order valence-electron chi connectivity index (χ4n) is 10.3. The summed E-state index contributed by atoms with van der Waals surface area (Å²) in [4.78, 5) is 44.0. The van der Waals surface area contributed by atoms with Gasteiger partial charge in [0.2, 0.25) is 11.6 Å². The third kappa shape index (κ3) is 3.51. The van der Waals surface area contributed by atoms with Crippen molar-refractivity contribution in [1.82, 2.24) is 5.32 Å². The molecule has 0 radical (unpaired) electrons. The highest BCUT2D eigenvalue weighted by Crippen LogP contribution is 2.69. The summed E-state index contributed by atoms with van der Waals surface area (Å²) in [6, 6.07) is -0.0716. The topological polar surface area (TPSA) is 76.8 Å². The molecule has 0 aromatic rings. The van der Waals surface area contributed by atoms with E-state index in [1.165, 1.54) is 7.11 Å². The van der Waals surface area contributed by atoms with Gasteiger partial charge in [-0.2, -0.15) is 0 Å². The summed E-state index contributed by atoms with van der Waals surface area (Å²) in [6.45, 7) is 20.9. The van der Waals surface area contributed by atoms with Crippen molar-refractivity contribution in [2.24, 2.45) is 50.7 Å². The summed E-state index contributed by atoms with van der Waals surface area (Å²) >= 11 is 0. The lowest BCUT2D eigenvalue weighted by Crippen LogP contribution is -2.63. The van der Waals surface area contributed by atoms with Gasteiger partial charge in [-0.3, -0.25) is 9.59 Å². The molecule has 1 amide bonds. The predicted molar refractivity (Wildman–Crippen MR) is 141 cm³/mol. The smallest absolute Gasteiger partial charge is 0.312 e. The number of rotatable bonds is 1. The molecule has 5 rings (SSSR count). The number of Topliss-reactive ketones (excluding diaryl/α,β-unsaturated/α-hetero) is 1. The van der Waals surface area contributed by atoms with Crippen LogP contribution in [0.25, 0.3) is 4.85 Å². The van der Waals surface area contributed by atoms with Crippen LogP contribution in [0.1, 0.15) is 92.9 Å². The molecule has 0 aromatic carbocycles. The zero-order chi connectivity index (χ0) is 27.2. The lowest BCUT2D eigenvalue weighted by atomic mass is 9.40. The van der Waals surface area contributed by atoms with Crippen LogP contribution in [-0.2, 0) is 19.1 Å². The van der Waals surface area contributed by atoms with Crippen LogP contribution < -0.4 is 5.32 Å². The van der Waals surface area contributed by atoms with Crippen LogP contribution in [0.3, 0.4) is 0 Å². The summed E-state index contributed by atoms with van der Waals surface area (Å²) in [5.74, 6) is 0.276. The third-order valence-corrected chi connectivity index (χ3v) is 12.2. The molecule has 8 atom stereocenters. The summed E-state index contributed by atoms with van der Waals surface area (Å²) in [7, 11) is 1.50. The number of ketones is 1. The molecule has 0 aromatic heterocycles. The standard InChI is InChI=1S/C31H44N2O4/c1-27(2)13-14-31(26(36)37-8)12-9-18-24(19(31)16-27)33-23(34)15-22-29(18,5)11-10-21-28(3,4)25(35)20(32-7)17-30(21,22)6/h17-19,21-22,24H,9-16H2,1-6,8H3,(H,33,34)/t18?,19-,21-,22-,24-,29-,30-,31+/m0/s1. The molecule has 1 aliphatic heterocycles. The van der Waals surface area contributed by atoms with Gasteiger partial charge < -0.3 is 14.8 Å². The Bertz CT molecular complexity index is 1110. The molecule has 1 unspecified atom stereocenters. The highest BCUT2D eigenvalue weighted by molar-refractivity contribution is 6.02. The van der Waals surface area contributed by atoms with Crippen molar-refractivity contribution in [3.63, 3.8) is 0 Å². The van der Waals surface area contributed by atoms with E-state index in [4.69, 9.17) is 11.3 Å². The number of amides is 1. The Morgan fingerprint density at radius 1 is 1.00 bits per heavy atom. The van der Waals surface area contributed by atoms with Gasteiger partial charge in [-0.05, 0) is 84.9 Å². The number of esters is 1. The highest BCUT2D eigenvalue weighted by Gasteiger charge is 2.67. The second-order valence-corrected chi connectivity index (χ2v) is 14.8. The fourth-order valence-corrected chi connectivity index (χ4v) is 10.3. The summed E-state index contributed by atoms with van der Waals surface area (Å²) in [5, 5.41) is 3.48. The maximum absolute atomic E-state index is 13.7. The summed E-state index contributed by atoms with van der Waals surface area (Å²) in [6.07, 6.45) is 8.56. The van der Waals surface area contributed by atoms with Gasteiger partial charge in [-0.15, -0.1) is 0 Å². The summed E-state index contributed by atoms with van der Waals surface area (Å²) < 4.78 is 5.41. The maximum atomic E-state index is 13.7. The first-order chi connectivity index (χ1) is 17.2. The molecule has 37 heavy (non-hydrogen) atoms. The SMILES string of the molecule is [C-]#[N+]C1=C[C@]2(C)[C@H]3CC(=O)N[C@H]4C(CC[C@@]5(C(=O)OC)CCC(C)(C)C[C@@H]45)[C@]3(C)CC[C@H]2C(C)(C)C1=O. The average Bonchev–Trinajstić information content (AvgIpc) is 2.95. The van der Waals surface area contributed by atoms with E-state index in [1.807, 2.05) is 19.9 Å². The van der Waals surface area contributed by atoms with E-state index in [1.54, 1.807) is 0 Å². The molecule has 3 saturated carbocycles. The van der Waals surface area contributed by atoms with Gasteiger partial charge >= 0.3 is 5.97 Å². The Morgan fingerprint density at radius 2 is 1.70 bits per heavy atom. The second-order valence-electron chi connectivity index (χ2n) is 14.8. The number of fused-ring (bicyclic) bond motifs is 7. The van der Waals surface area contributed by atoms with E-state index in [0.29, 0.717) is 6.42 Å². The van der Waals surface area contributed by atoms with Crippen molar-refractivity contribution in [3.05, 3.63) is 23.2 Å². The number of ether oxygens (including phenoxy) is 1. The van der Waals surface area contributed by atoms with Gasteiger partial charge in [-0.25, -0.2) is 4.85 Å². The third-order valence-electron chi connectivity index (χ3n) is 12.2. The molecule has 1 heterocycles. The number of nitrogens with zero attached hydrogens (tertiary/aromatic N) is 1. The van der Waals surface area contributed by atoms with E-state index in [2.05, 4.69) is 37.9 Å². The van der Waals surface area contributed by atoms with Gasteiger partial charge in [0.15, 0.2) is 5.78 Å². The van der Waals surface area contributed by atoms with Crippen LogP contribution in [-0.4, -0.2) is 30.8 Å². The molecular formula is C31H44N2O4. The van der Waals surface area contributed by atoms with Crippen LogP contribution in [0.5, 0.6) is 0 Å². The minimum atomic E-state index is -0.632. The van der Waals surface area contributed by atoms with Gasteiger partial charge in [-0.1, -0.05) is 47.6 Å². The van der Waals surface area contributed by atoms with Gasteiger partial charge in [0.05, 0.1) is 19.1 Å². The Morgan fingerprint density at radius 3 is 2.35 bits per heavy atom. The van der Waals surface area contributed by atoms with E-state index < -0.39 is 16.2 Å². The largest absolute Gasteiger partial charge is 0.469 e. The number of carbonyl (C=O) groups is 3. The fraction of sp³-hybridized carbons (Fsp3) is 0.806. The van der Waals surface area contributed by atoms with Crippen molar-refractivity contribution in [2.75, 3.05) is 7.11 Å². The first kappa shape index (κ1) is 26.4. The molecular weight excluding hydrogens is 464 g/mol. The minimum Gasteiger partial charge on any atom is -0.469 e. The number of nitrogens with one attached hydrogen (secondary N) is 1. The number of methoxy groups -OCH3 is 1. The van der Waals surface area contributed by atoms with Crippen LogP contribution in [0.2, 0.25) is 0 Å². The molecule has 202 valence electrons. The molecule has 0 bridgehead atoms. The Balaban J connectivity index is 1.62. The van der Waals surface area contributed by atoms with E-state index in [-0.39, 0.29) is 63.9 Å². The predicted octanol–water partition coefficient (Wildman–Crippen LogP) is 5.72. The van der Waals surface area contributed by atoms with Crippen LogP contribution in [0.4, 0.5) is 0 Å². The maximum Gasteiger partial charge on any atom is 0.312 e. The first-order valence-corrected chi connectivity index (χ1v) is 14.2. The van der Waals surface area contributed by atoms with Crippen molar-refractivity contribution in [1.29, 1.82) is 0 Å². The Hall–Kier alpha value is -2.16. The van der Waals surface area contributed by atoms with Crippen molar-refractivity contribution in [2.45, 2.75) is 99.0 Å². The lowest BCUT2D eigenvalue weighted by Gasteiger charge is -2.64. The molecule has 4 fully saturated rings. The van der Waals surface area contributed by atoms with Crippen LogP contribution in [0, 0.1) is 57.3 Å². The zero-order valence-corrected chi connectivity index (χ0v) is 23.7. The highest BCUT2D eigenvalue weighted by atomic mass is 16.5. The Kier molecular flexibility index (Phi) is 5.84. The van der Waals surface area contributed by atoms with E-state index >= 15 is 0 Å². The van der Waals surface area contributed by atoms with E-state index in [9.17, 15) is 14.4 Å². The normalized spacial score (nSPS) is 45.9. The molecule has 6 heteroatoms. The van der Waals surface area contributed by atoms with E-state index in [0.717, 1.165) is 44.9 Å². The molecule has 5 aliphatic rings. The quantitative estimate of drug-likeness (QED) is 0.363. The molecule has 1 saturated heterocycles. The molecule has 1 N–H and O–H groups in total. The van der Waals surface area contributed by atoms with Crippen molar-refractivity contribution >= 4 is 17.7 Å². The number of hydrogen-bond acceptors (Lipinski definition) is 4. The molecule has 0 spiro atoms. The number of carbonyl (C=O) groups excluding carboxylic acids is 3. The zero-order valence-electron chi connectivity index (χ0n) is 23.7. The van der Waals surface area contributed by atoms with Crippen LogP contribution in [0.15, 0.2) is 11.8 Å². The monoisotopic (exact) mass is 508 g/mol. The lowest BCUT2D eigenvalue weighted by molar-refractivity contribution is -0.176. The van der Waals surface area contributed by atoms with Gasteiger partial charge in [0.1, 0.15) is 0 Å². The van der Waals surface area contributed by atoms with Crippen molar-refractivity contribution < 1.29 is 19.1 Å². The second kappa shape index (κ2) is 8.17.